The molecule has 12 heavy (non-hydrogen) atoms. The average molecular weight is 175 g/mol. The molecule has 0 bridgehead atoms. The highest BCUT2D eigenvalue weighted by Gasteiger charge is 1.92. The Morgan fingerprint density at radius 2 is 2.08 bits per heavy atom. The van der Waals surface area contributed by atoms with E-state index in [0.29, 0.717) is 0 Å². The highest BCUT2D eigenvalue weighted by atomic mass is 19.1. The number of rotatable bonds is 0. The smallest absolute Gasteiger partial charge is 0.234 e. The molecule has 1 heterocycles. The third-order valence-corrected chi connectivity index (χ3v) is 0.786. The van der Waals surface area contributed by atoms with E-state index in [9.17, 15) is 4.39 Å². The normalized spacial score (nSPS) is 8.08. The Bertz CT molecular complexity index is 247. The largest absolute Gasteiger partial charge is 0.356 e. The van der Waals surface area contributed by atoms with Crippen molar-refractivity contribution in [3.8, 4) is 0 Å². The molecule has 0 aliphatic heterocycles. The van der Waals surface area contributed by atoms with Crippen molar-refractivity contribution in [2.45, 2.75) is 0 Å². The molecular weight excluding hydrogens is 169 g/mol. The fourth-order valence-electron chi connectivity index (χ4n) is 0.463. The minimum atomic E-state index is -1.75. The van der Waals surface area contributed by atoms with Crippen LogP contribution in [0.2, 0.25) is 0 Å². The van der Waals surface area contributed by atoms with E-state index in [1.54, 1.807) is 6.20 Å². The Morgan fingerprint density at radius 3 is 2.33 bits per heavy atom. The zero-order chi connectivity index (χ0) is 9.56. The number of hydrogen-bond donors (Lipinski definition) is 1. The van der Waals surface area contributed by atoms with Gasteiger partial charge in [-0.3, -0.25) is 0 Å². The SMILES string of the molecule is N[n+]1cccc(F)c1.O=[N+]([O-])[O-]. The second kappa shape index (κ2) is 4.83. The Balaban J connectivity index is 0.000000261. The van der Waals surface area contributed by atoms with Gasteiger partial charge in [-0.05, 0) is 6.07 Å². The lowest BCUT2D eigenvalue weighted by Gasteiger charge is -1.81. The average Bonchev–Trinajstić information content (AvgIpc) is 1.84. The summed E-state index contributed by atoms with van der Waals surface area (Å²) in [5, 5.41) is 14.8. The van der Waals surface area contributed by atoms with Crippen LogP contribution in [0.25, 0.3) is 0 Å². The Hall–Kier alpha value is -1.92. The number of aromatic nitrogens is 1. The van der Waals surface area contributed by atoms with Gasteiger partial charge in [0.25, 0.3) is 0 Å². The van der Waals surface area contributed by atoms with E-state index in [1.165, 1.54) is 18.3 Å². The summed E-state index contributed by atoms with van der Waals surface area (Å²) in [6.45, 7) is 0. The van der Waals surface area contributed by atoms with E-state index in [-0.39, 0.29) is 5.82 Å². The number of nitrogens with zero attached hydrogens (tertiary/aromatic N) is 2. The first-order valence-electron chi connectivity index (χ1n) is 2.76. The molecule has 1 rings (SSSR count). The minimum Gasteiger partial charge on any atom is -0.356 e. The van der Waals surface area contributed by atoms with Crippen LogP contribution in [-0.4, -0.2) is 5.09 Å². The standard InChI is InChI=1S/C5H6FN2.NO3/c6-5-2-1-3-8(7)4-5;2-1(3)4/h1-4H,7H2;/q+1;-1. The van der Waals surface area contributed by atoms with E-state index < -0.39 is 5.09 Å². The summed E-state index contributed by atoms with van der Waals surface area (Å²) in [7, 11) is 0. The molecule has 2 N–H and O–H groups in total. The van der Waals surface area contributed by atoms with Gasteiger partial charge in [0.1, 0.15) is 0 Å². The summed E-state index contributed by atoms with van der Waals surface area (Å²) < 4.78 is 13.2. The maximum Gasteiger partial charge on any atom is 0.234 e. The summed E-state index contributed by atoms with van der Waals surface area (Å²) in [5.41, 5.74) is 0. The molecule has 1 aromatic rings. The van der Waals surface area contributed by atoms with Gasteiger partial charge in [-0.1, -0.05) is 4.68 Å². The molecule has 0 atom stereocenters. The van der Waals surface area contributed by atoms with Gasteiger partial charge in [-0.2, -0.15) is 0 Å². The molecule has 66 valence electrons. The van der Waals surface area contributed by atoms with Gasteiger partial charge in [0.2, 0.25) is 6.20 Å². The molecule has 0 aliphatic carbocycles. The molecule has 0 saturated heterocycles. The van der Waals surface area contributed by atoms with E-state index in [2.05, 4.69) is 0 Å². The van der Waals surface area contributed by atoms with Crippen LogP contribution in [-0.2, 0) is 0 Å². The van der Waals surface area contributed by atoms with Crippen molar-refractivity contribution in [1.82, 2.24) is 0 Å². The maximum atomic E-state index is 12.1. The van der Waals surface area contributed by atoms with Crippen LogP contribution >= 0.6 is 0 Å². The topological polar surface area (TPSA) is 96.1 Å². The fraction of sp³-hybridized carbons (Fsp3) is 0. The predicted molar refractivity (Wildman–Crippen MR) is 37.1 cm³/mol. The molecule has 0 unspecified atom stereocenters. The highest BCUT2D eigenvalue weighted by molar-refractivity contribution is 4.87. The molecule has 6 nitrogen and oxygen atoms in total. The van der Waals surface area contributed by atoms with Gasteiger partial charge in [0.15, 0.2) is 12.0 Å². The Kier molecular flexibility index (Phi) is 4.06. The van der Waals surface area contributed by atoms with Crippen molar-refractivity contribution in [3.05, 3.63) is 45.7 Å². The van der Waals surface area contributed by atoms with Crippen molar-refractivity contribution in [2.24, 2.45) is 0 Å². The number of nitrogen functional groups attached to an aromatic ring is 1. The second-order valence-corrected chi connectivity index (χ2v) is 1.69. The summed E-state index contributed by atoms with van der Waals surface area (Å²) in [6.07, 6.45) is 2.75. The second-order valence-electron chi connectivity index (χ2n) is 1.69. The van der Waals surface area contributed by atoms with E-state index >= 15 is 0 Å². The van der Waals surface area contributed by atoms with Gasteiger partial charge in [0.05, 0.1) is 5.09 Å². The van der Waals surface area contributed by atoms with Gasteiger partial charge in [-0.25, -0.2) is 10.2 Å². The van der Waals surface area contributed by atoms with E-state index in [4.69, 9.17) is 21.2 Å². The first kappa shape index (κ1) is 10.1. The van der Waals surface area contributed by atoms with Crippen molar-refractivity contribution in [3.63, 3.8) is 0 Å². The number of nitrogens with two attached hydrogens (primary N) is 1. The summed E-state index contributed by atoms with van der Waals surface area (Å²) >= 11 is 0. The maximum absolute atomic E-state index is 12.1. The lowest BCUT2D eigenvalue weighted by molar-refractivity contribution is -0.640. The van der Waals surface area contributed by atoms with Gasteiger partial charge in [-0.15, -0.1) is 0 Å². The van der Waals surface area contributed by atoms with Crippen molar-refractivity contribution < 1.29 is 14.2 Å². The van der Waals surface area contributed by atoms with E-state index in [0.717, 1.165) is 4.68 Å². The number of halogens is 1. The van der Waals surface area contributed by atoms with Crippen molar-refractivity contribution in [2.75, 3.05) is 5.84 Å². The van der Waals surface area contributed by atoms with Crippen LogP contribution in [0, 0.1) is 21.1 Å². The molecule has 0 aliphatic rings. The quantitative estimate of drug-likeness (QED) is 0.251. The van der Waals surface area contributed by atoms with Crippen LogP contribution in [0.1, 0.15) is 0 Å². The molecule has 0 fully saturated rings. The van der Waals surface area contributed by atoms with Crippen molar-refractivity contribution >= 4 is 0 Å². The van der Waals surface area contributed by atoms with Crippen LogP contribution < -0.4 is 10.5 Å². The molecule has 0 saturated carbocycles. The first-order valence-corrected chi connectivity index (χ1v) is 2.76. The molecule has 0 spiro atoms. The summed E-state index contributed by atoms with van der Waals surface area (Å²) in [5.74, 6) is 4.81. The van der Waals surface area contributed by atoms with Crippen LogP contribution in [0.4, 0.5) is 4.39 Å². The third kappa shape index (κ3) is 6.20. The Morgan fingerprint density at radius 1 is 1.58 bits per heavy atom. The van der Waals surface area contributed by atoms with E-state index in [1.807, 2.05) is 0 Å². The van der Waals surface area contributed by atoms with Crippen LogP contribution in [0.3, 0.4) is 0 Å². The lowest BCUT2D eigenvalue weighted by Crippen LogP contribution is -2.43. The van der Waals surface area contributed by atoms with Gasteiger partial charge >= 0.3 is 0 Å². The van der Waals surface area contributed by atoms with Gasteiger partial charge in [0, 0.05) is 6.07 Å². The van der Waals surface area contributed by atoms with Crippen molar-refractivity contribution in [1.29, 1.82) is 0 Å². The lowest BCUT2D eigenvalue weighted by atomic mass is 10.5. The summed E-state index contributed by atoms with van der Waals surface area (Å²) in [6, 6.07) is 2.87. The third-order valence-electron chi connectivity index (χ3n) is 0.786. The zero-order valence-corrected chi connectivity index (χ0v) is 5.88. The molecule has 0 aromatic carbocycles. The highest BCUT2D eigenvalue weighted by Crippen LogP contribution is 1.85. The van der Waals surface area contributed by atoms with Gasteiger partial charge < -0.3 is 15.3 Å². The Labute approximate surface area is 66.7 Å². The monoisotopic (exact) mass is 175 g/mol. The molecular formula is C5H6FN3O3. The molecule has 1 aromatic heterocycles. The zero-order valence-electron chi connectivity index (χ0n) is 5.88. The predicted octanol–water partition coefficient (Wildman–Crippen LogP) is -0.412. The molecule has 0 radical (unpaired) electrons. The summed E-state index contributed by atoms with van der Waals surface area (Å²) in [4.78, 5) is 8.25. The minimum absolute atomic E-state index is 0.324. The number of pyridine rings is 1. The van der Waals surface area contributed by atoms with Crippen LogP contribution in [0.15, 0.2) is 24.5 Å². The first-order chi connectivity index (χ1) is 5.52. The number of hydrogen-bond acceptors (Lipinski definition) is 4. The molecule has 7 heteroatoms. The molecule has 0 amide bonds. The van der Waals surface area contributed by atoms with Crippen LogP contribution in [0.5, 0.6) is 0 Å². The fourth-order valence-corrected chi connectivity index (χ4v) is 0.463.